The number of carbonyl (C=O) groups excluding carboxylic acids is 1. The molecule has 0 unspecified atom stereocenters. The van der Waals surface area contributed by atoms with E-state index < -0.39 is 6.09 Å². The van der Waals surface area contributed by atoms with Crippen molar-refractivity contribution in [3.05, 3.63) is 65.5 Å². The molecule has 2 aromatic rings. The number of carbonyl (C=O) groups is 1. The first-order chi connectivity index (χ1) is 12.1. The van der Waals surface area contributed by atoms with Crippen LogP contribution in [0.15, 0.2) is 48.5 Å². The molecular weight excluding hydrogens is 319 g/mol. The van der Waals surface area contributed by atoms with Gasteiger partial charge in [0.1, 0.15) is 12.4 Å². The molecule has 132 valence electrons. The van der Waals surface area contributed by atoms with E-state index in [0.29, 0.717) is 0 Å². The van der Waals surface area contributed by atoms with Crippen molar-refractivity contribution in [2.24, 2.45) is 5.92 Å². The third-order valence-corrected chi connectivity index (χ3v) is 4.78. The average Bonchev–Trinajstić information content (AvgIpc) is 2.63. The lowest BCUT2D eigenvalue weighted by molar-refractivity contribution is 0.130. The van der Waals surface area contributed by atoms with E-state index in [0.717, 1.165) is 23.2 Å². The van der Waals surface area contributed by atoms with Gasteiger partial charge in [0.15, 0.2) is 0 Å². The number of ether oxygens (including phenoxy) is 1. The predicted molar refractivity (Wildman–Crippen MR) is 95.8 cm³/mol. The van der Waals surface area contributed by atoms with Gasteiger partial charge in [0, 0.05) is 23.2 Å². The Labute approximate surface area is 147 Å². The van der Waals surface area contributed by atoms with Crippen LogP contribution in [-0.2, 0) is 11.3 Å². The smallest absolute Gasteiger partial charge is 0.407 e. The first-order valence-electron chi connectivity index (χ1n) is 8.61. The summed E-state index contributed by atoms with van der Waals surface area (Å²) in [5.74, 6) is -0.198. The van der Waals surface area contributed by atoms with E-state index in [2.05, 4.69) is 24.5 Å². The highest BCUT2D eigenvalue weighted by atomic mass is 19.1. The van der Waals surface area contributed by atoms with Crippen molar-refractivity contribution in [1.29, 1.82) is 0 Å². The van der Waals surface area contributed by atoms with Gasteiger partial charge >= 0.3 is 6.09 Å². The molecule has 0 radical (unpaired) electrons. The molecule has 1 aliphatic rings. The van der Waals surface area contributed by atoms with Gasteiger partial charge in [-0.05, 0) is 30.2 Å². The van der Waals surface area contributed by atoms with Crippen molar-refractivity contribution < 1.29 is 13.9 Å². The van der Waals surface area contributed by atoms with Gasteiger partial charge in [-0.2, -0.15) is 0 Å². The van der Waals surface area contributed by atoms with Crippen molar-refractivity contribution in [3.63, 3.8) is 0 Å². The minimum Gasteiger partial charge on any atom is -0.445 e. The van der Waals surface area contributed by atoms with E-state index in [9.17, 15) is 9.18 Å². The normalized spacial score (nSPS) is 21.8. The van der Waals surface area contributed by atoms with Gasteiger partial charge in [0.2, 0.25) is 0 Å². The maximum Gasteiger partial charge on any atom is 0.407 e. The van der Waals surface area contributed by atoms with Crippen LogP contribution in [0.3, 0.4) is 0 Å². The Bertz CT molecular complexity index is 736. The molecule has 1 heterocycles. The summed E-state index contributed by atoms with van der Waals surface area (Å²) in [5.41, 5.74) is 2.54. The Morgan fingerprint density at radius 3 is 2.72 bits per heavy atom. The Kier molecular flexibility index (Phi) is 5.22. The zero-order chi connectivity index (χ0) is 17.8. The molecule has 0 spiro atoms. The zero-order valence-electron chi connectivity index (χ0n) is 14.5. The molecule has 5 heteroatoms. The molecule has 0 aromatic heterocycles. The van der Waals surface area contributed by atoms with Crippen molar-refractivity contribution in [3.8, 4) is 0 Å². The van der Waals surface area contributed by atoms with E-state index in [4.69, 9.17) is 4.74 Å². The van der Waals surface area contributed by atoms with Gasteiger partial charge in [-0.3, -0.25) is 0 Å². The maximum atomic E-state index is 13.7. The highest BCUT2D eigenvalue weighted by Gasteiger charge is 2.34. The molecule has 0 saturated carbocycles. The molecule has 3 rings (SSSR count). The van der Waals surface area contributed by atoms with Crippen LogP contribution in [0.4, 0.5) is 14.9 Å². The molecule has 0 fully saturated rings. The molecular formula is C20H23FN2O2. The summed E-state index contributed by atoms with van der Waals surface area (Å²) in [6.07, 6.45) is 0.419. The van der Waals surface area contributed by atoms with Crippen LogP contribution in [0.2, 0.25) is 0 Å². The number of rotatable bonds is 4. The molecule has 25 heavy (non-hydrogen) atoms. The van der Waals surface area contributed by atoms with Crippen LogP contribution in [0.25, 0.3) is 0 Å². The molecule has 2 aromatic carbocycles. The van der Waals surface area contributed by atoms with Gasteiger partial charge in [-0.1, -0.05) is 44.2 Å². The Morgan fingerprint density at radius 1 is 1.24 bits per heavy atom. The van der Waals surface area contributed by atoms with Gasteiger partial charge < -0.3 is 15.4 Å². The summed E-state index contributed by atoms with van der Waals surface area (Å²) < 4.78 is 19.0. The number of fused-ring (bicyclic) bond motifs is 1. The Hall–Kier alpha value is -2.56. The number of hydrogen-bond acceptors (Lipinski definition) is 3. The topological polar surface area (TPSA) is 50.4 Å². The summed E-state index contributed by atoms with van der Waals surface area (Å²) in [4.78, 5) is 12.3. The van der Waals surface area contributed by atoms with E-state index in [1.54, 1.807) is 6.07 Å². The molecule has 1 amide bonds. The van der Waals surface area contributed by atoms with Crippen molar-refractivity contribution >= 4 is 11.8 Å². The number of anilines is 1. The van der Waals surface area contributed by atoms with Crippen molar-refractivity contribution in [2.75, 3.05) is 5.32 Å². The lowest BCUT2D eigenvalue weighted by Crippen LogP contribution is -2.43. The van der Waals surface area contributed by atoms with Crippen LogP contribution in [0.5, 0.6) is 0 Å². The van der Waals surface area contributed by atoms with E-state index in [1.165, 1.54) is 12.1 Å². The maximum absolute atomic E-state index is 13.7. The first kappa shape index (κ1) is 17.3. The van der Waals surface area contributed by atoms with Crippen molar-refractivity contribution in [1.82, 2.24) is 5.32 Å². The van der Waals surface area contributed by atoms with Gasteiger partial charge in [-0.25, -0.2) is 9.18 Å². The lowest BCUT2D eigenvalue weighted by atomic mass is 9.82. The molecule has 0 bridgehead atoms. The fourth-order valence-electron chi connectivity index (χ4n) is 3.34. The number of hydrogen-bond donors (Lipinski definition) is 2. The van der Waals surface area contributed by atoms with Crippen molar-refractivity contribution in [2.45, 2.75) is 39.0 Å². The lowest BCUT2D eigenvalue weighted by Gasteiger charge is -2.38. The molecule has 3 atom stereocenters. The van der Waals surface area contributed by atoms with E-state index in [-0.39, 0.29) is 30.4 Å². The van der Waals surface area contributed by atoms with E-state index in [1.807, 2.05) is 30.3 Å². The second-order valence-electron chi connectivity index (χ2n) is 6.43. The average molecular weight is 342 g/mol. The van der Waals surface area contributed by atoms with Gasteiger partial charge in [0.25, 0.3) is 0 Å². The fourth-order valence-corrected chi connectivity index (χ4v) is 3.34. The number of alkyl carbamates (subject to hydrolysis) is 1. The molecule has 0 aliphatic carbocycles. The Morgan fingerprint density at radius 2 is 2.00 bits per heavy atom. The third kappa shape index (κ3) is 3.92. The SMILES string of the molecule is CC[C@@H]1Nc2ccc(F)cc2[C@H](NC(=O)OCc2ccccc2)[C@H]1C. The summed E-state index contributed by atoms with van der Waals surface area (Å²) >= 11 is 0. The minimum absolute atomic E-state index is 0.114. The van der Waals surface area contributed by atoms with Crippen LogP contribution in [0.1, 0.15) is 37.4 Å². The summed E-state index contributed by atoms with van der Waals surface area (Å²) in [7, 11) is 0. The van der Waals surface area contributed by atoms with Crippen LogP contribution < -0.4 is 10.6 Å². The molecule has 1 aliphatic heterocycles. The van der Waals surface area contributed by atoms with Gasteiger partial charge in [0.05, 0.1) is 6.04 Å². The monoisotopic (exact) mass is 342 g/mol. The number of halogens is 1. The van der Waals surface area contributed by atoms with Crippen LogP contribution >= 0.6 is 0 Å². The highest BCUT2D eigenvalue weighted by molar-refractivity contribution is 5.69. The number of amides is 1. The largest absolute Gasteiger partial charge is 0.445 e. The number of benzene rings is 2. The quantitative estimate of drug-likeness (QED) is 0.851. The molecule has 4 nitrogen and oxygen atoms in total. The molecule has 2 N–H and O–H groups in total. The zero-order valence-corrected chi connectivity index (χ0v) is 14.5. The predicted octanol–water partition coefficient (Wildman–Crippen LogP) is 4.63. The summed E-state index contributed by atoms with van der Waals surface area (Å²) in [5, 5.41) is 6.34. The summed E-state index contributed by atoms with van der Waals surface area (Å²) in [6.45, 7) is 4.35. The minimum atomic E-state index is -0.493. The second-order valence-corrected chi connectivity index (χ2v) is 6.43. The van der Waals surface area contributed by atoms with Crippen LogP contribution in [-0.4, -0.2) is 12.1 Å². The highest BCUT2D eigenvalue weighted by Crippen LogP contribution is 2.38. The fraction of sp³-hybridized carbons (Fsp3) is 0.350. The number of nitrogens with one attached hydrogen (secondary N) is 2. The van der Waals surface area contributed by atoms with E-state index >= 15 is 0 Å². The standard InChI is InChI=1S/C20H23FN2O2/c1-3-17-13(2)19(16-11-15(21)9-10-18(16)22-17)23-20(24)25-12-14-7-5-4-6-8-14/h4-11,13,17,19,22H,3,12H2,1-2H3,(H,23,24)/t13-,17-,19+/m0/s1. The third-order valence-electron chi connectivity index (χ3n) is 4.78. The molecule has 0 saturated heterocycles. The first-order valence-corrected chi connectivity index (χ1v) is 8.61. The van der Waals surface area contributed by atoms with Crippen LogP contribution in [0, 0.1) is 11.7 Å². The second kappa shape index (κ2) is 7.55. The summed E-state index contributed by atoms with van der Waals surface area (Å²) in [6, 6.07) is 14.1. The van der Waals surface area contributed by atoms with Gasteiger partial charge in [-0.15, -0.1) is 0 Å². The Balaban J connectivity index is 1.73.